The summed E-state index contributed by atoms with van der Waals surface area (Å²) in [6, 6.07) is 0.417. The normalized spacial score (nSPS) is 21.0. The van der Waals surface area contributed by atoms with Crippen molar-refractivity contribution in [2.75, 3.05) is 33.4 Å². The van der Waals surface area contributed by atoms with Gasteiger partial charge in [0, 0.05) is 18.7 Å². The average Bonchev–Trinajstić information content (AvgIpc) is 2.30. The van der Waals surface area contributed by atoms with Crippen molar-refractivity contribution < 1.29 is 4.74 Å². The molecule has 1 aliphatic heterocycles. The Hall–Kier alpha value is -0.120. The number of rotatable bonds is 6. The maximum Gasteiger partial charge on any atom is 0.0633 e. The molecule has 96 valence electrons. The minimum atomic E-state index is 0.187. The smallest absolute Gasteiger partial charge is 0.0633 e. The van der Waals surface area contributed by atoms with E-state index in [2.05, 4.69) is 31.0 Å². The highest BCUT2D eigenvalue weighted by atomic mass is 16.5. The number of likely N-dealkylation sites (tertiary alicyclic amines) is 1. The van der Waals surface area contributed by atoms with Crippen LogP contribution in [0.5, 0.6) is 0 Å². The zero-order chi connectivity index (χ0) is 12.0. The Labute approximate surface area is 101 Å². The van der Waals surface area contributed by atoms with Gasteiger partial charge in [-0.3, -0.25) is 4.90 Å². The lowest BCUT2D eigenvalue weighted by Crippen LogP contribution is -2.60. The summed E-state index contributed by atoms with van der Waals surface area (Å²) in [6.45, 7) is 11.1. The lowest BCUT2D eigenvalue weighted by atomic mass is 9.90. The van der Waals surface area contributed by atoms with Crippen molar-refractivity contribution in [3.63, 3.8) is 0 Å². The Kier molecular flexibility index (Phi) is 5.73. The number of ether oxygens (including phenoxy) is 1. The number of hydrogen-bond acceptors (Lipinski definition) is 3. The Morgan fingerprint density at radius 1 is 1.25 bits per heavy atom. The molecule has 0 aromatic rings. The minimum Gasteiger partial charge on any atom is -0.383 e. The first kappa shape index (κ1) is 13.9. The van der Waals surface area contributed by atoms with Crippen LogP contribution in [-0.2, 0) is 4.74 Å². The molecule has 1 aliphatic rings. The Balaban J connectivity index is 2.61. The van der Waals surface area contributed by atoms with Crippen LogP contribution in [0.3, 0.4) is 0 Å². The van der Waals surface area contributed by atoms with E-state index in [9.17, 15) is 0 Å². The molecule has 0 bridgehead atoms. The zero-order valence-corrected chi connectivity index (χ0v) is 11.4. The summed E-state index contributed by atoms with van der Waals surface area (Å²) >= 11 is 0. The predicted molar refractivity (Wildman–Crippen MR) is 68.8 cm³/mol. The van der Waals surface area contributed by atoms with Crippen LogP contribution in [0.4, 0.5) is 0 Å². The number of hydrogen-bond donors (Lipinski definition) is 1. The first-order valence-corrected chi connectivity index (χ1v) is 6.60. The van der Waals surface area contributed by atoms with Gasteiger partial charge >= 0.3 is 0 Å². The van der Waals surface area contributed by atoms with E-state index in [1.54, 1.807) is 7.11 Å². The fourth-order valence-electron chi connectivity index (χ4n) is 2.62. The Morgan fingerprint density at radius 2 is 1.88 bits per heavy atom. The fourth-order valence-corrected chi connectivity index (χ4v) is 2.62. The molecule has 1 heterocycles. The molecule has 1 atom stereocenters. The van der Waals surface area contributed by atoms with Crippen molar-refractivity contribution in [1.29, 1.82) is 0 Å². The quantitative estimate of drug-likeness (QED) is 0.751. The zero-order valence-electron chi connectivity index (χ0n) is 11.4. The summed E-state index contributed by atoms with van der Waals surface area (Å²) in [5.74, 6) is 0. The molecule has 0 saturated carbocycles. The van der Waals surface area contributed by atoms with Gasteiger partial charge in [0.1, 0.15) is 0 Å². The third-order valence-electron chi connectivity index (χ3n) is 3.81. The van der Waals surface area contributed by atoms with Gasteiger partial charge in [-0.15, -0.1) is 0 Å². The van der Waals surface area contributed by atoms with Gasteiger partial charge < -0.3 is 10.1 Å². The summed E-state index contributed by atoms with van der Waals surface area (Å²) in [5, 5.41) is 3.55. The molecule has 0 aromatic heterocycles. The van der Waals surface area contributed by atoms with E-state index in [0.717, 1.165) is 13.2 Å². The molecule has 1 fully saturated rings. The molecule has 1 rings (SSSR count). The van der Waals surface area contributed by atoms with Crippen LogP contribution in [0.1, 0.15) is 40.0 Å². The van der Waals surface area contributed by atoms with E-state index < -0.39 is 0 Å². The lowest BCUT2D eigenvalue weighted by molar-refractivity contribution is 0.0287. The lowest BCUT2D eigenvalue weighted by Gasteiger charge is -2.46. The molecule has 1 N–H and O–H groups in total. The molecule has 0 amide bonds. The molecule has 16 heavy (non-hydrogen) atoms. The van der Waals surface area contributed by atoms with Gasteiger partial charge in [-0.2, -0.15) is 0 Å². The first-order chi connectivity index (χ1) is 7.62. The van der Waals surface area contributed by atoms with Crippen molar-refractivity contribution in [2.24, 2.45) is 0 Å². The monoisotopic (exact) mass is 228 g/mol. The molecule has 0 radical (unpaired) electrons. The summed E-state index contributed by atoms with van der Waals surface area (Å²) in [7, 11) is 1.79. The second kappa shape index (κ2) is 6.58. The summed E-state index contributed by atoms with van der Waals surface area (Å²) in [4.78, 5) is 2.61. The number of likely N-dealkylation sites (N-methyl/N-ethyl adjacent to an activating group) is 1. The maximum atomic E-state index is 5.34. The highest BCUT2D eigenvalue weighted by Crippen LogP contribution is 2.24. The van der Waals surface area contributed by atoms with Gasteiger partial charge in [0.2, 0.25) is 0 Å². The highest BCUT2D eigenvalue weighted by molar-refractivity contribution is 4.94. The molecular weight excluding hydrogens is 200 g/mol. The summed E-state index contributed by atoms with van der Waals surface area (Å²) in [5.41, 5.74) is 0.187. The van der Waals surface area contributed by atoms with Gasteiger partial charge in [-0.1, -0.05) is 13.3 Å². The maximum absolute atomic E-state index is 5.34. The molecule has 0 spiro atoms. The topological polar surface area (TPSA) is 24.5 Å². The van der Waals surface area contributed by atoms with Crippen LogP contribution in [0.2, 0.25) is 0 Å². The fraction of sp³-hybridized carbons (Fsp3) is 1.00. The predicted octanol–water partition coefficient (Wildman–Crippen LogP) is 1.88. The largest absolute Gasteiger partial charge is 0.383 e. The molecular formula is C13H28N2O. The first-order valence-electron chi connectivity index (χ1n) is 6.60. The SMILES string of the molecule is CCNC(COC)C(C)(C)N1CCCCC1. The Bertz CT molecular complexity index is 182. The van der Waals surface area contributed by atoms with Crippen LogP contribution in [0, 0.1) is 0 Å². The molecule has 1 unspecified atom stereocenters. The number of nitrogens with one attached hydrogen (secondary N) is 1. The standard InChI is InChI=1S/C13H28N2O/c1-5-14-12(11-16-4)13(2,3)15-9-7-6-8-10-15/h12,14H,5-11H2,1-4H3. The number of piperidine rings is 1. The van der Waals surface area contributed by atoms with Crippen molar-refractivity contribution in [3.8, 4) is 0 Å². The van der Waals surface area contributed by atoms with Crippen LogP contribution in [0.25, 0.3) is 0 Å². The second-order valence-electron chi connectivity index (χ2n) is 5.27. The van der Waals surface area contributed by atoms with E-state index in [1.165, 1.54) is 32.4 Å². The van der Waals surface area contributed by atoms with Gasteiger partial charge in [0.25, 0.3) is 0 Å². The van der Waals surface area contributed by atoms with Crippen LogP contribution in [-0.4, -0.2) is 49.8 Å². The van der Waals surface area contributed by atoms with Gasteiger partial charge in [-0.05, 0) is 46.3 Å². The van der Waals surface area contributed by atoms with Crippen molar-refractivity contribution in [2.45, 2.75) is 51.6 Å². The van der Waals surface area contributed by atoms with Crippen molar-refractivity contribution in [3.05, 3.63) is 0 Å². The van der Waals surface area contributed by atoms with Crippen LogP contribution < -0.4 is 5.32 Å². The molecule has 0 aliphatic carbocycles. The minimum absolute atomic E-state index is 0.187. The Morgan fingerprint density at radius 3 is 2.38 bits per heavy atom. The van der Waals surface area contributed by atoms with E-state index >= 15 is 0 Å². The van der Waals surface area contributed by atoms with Crippen LogP contribution in [0.15, 0.2) is 0 Å². The van der Waals surface area contributed by atoms with Crippen LogP contribution >= 0.6 is 0 Å². The van der Waals surface area contributed by atoms with E-state index in [-0.39, 0.29) is 5.54 Å². The average molecular weight is 228 g/mol. The molecule has 3 nitrogen and oxygen atoms in total. The number of nitrogens with zero attached hydrogens (tertiary/aromatic N) is 1. The van der Waals surface area contributed by atoms with Crippen molar-refractivity contribution >= 4 is 0 Å². The second-order valence-corrected chi connectivity index (χ2v) is 5.27. The van der Waals surface area contributed by atoms with Gasteiger partial charge in [0.15, 0.2) is 0 Å². The van der Waals surface area contributed by atoms with Crippen molar-refractivity contribution in [1.82, 2.24) is 10.2 Å². The third-order valence-corrected chi connectivity index (χ3v) is 3.81. The van der Waals surface area contributed by atoms with E-state index in [1.807, 2.05) is 0 Å². The molecule has 0 aromatic carbocycles. The highest BCUT2D eigenvalue weighted by Gasteiger charge is 2.35. The van der Waals surface area contributed by atoms with Gasteiger partial charge in [-0.25, -0.2) is 0 Å². The van der Waals surface area contributed by atoms with E-state index in [0.29, 0.717) is 6.04 Å². The molecule has 3 heteroatoms. The third kappa shape index (κ3) is 3.44. The number of methoxy groups -OCH3 is 1. The summed E-state index contributed by atoms with van der Waals surface area (Å²) < 4.78 is 5.34. The van der Waals surface area contributed by atoms with Gasteiger partial charge in [0.05, 0.1) is 6.61 Å². The summed E-state index contributed by atoms with van der Waals surface area (Å²) in [6.07, 6.45) is 4.08. The van der Waals surface area contributed by atoms with E-state index in [4.69, 9.17) is 4.74 Å². The molecule has 1 saturated heterocycles.